The summed E-state index contributed by atoms with van der Waals surface area (Å²) in [7, 11) is 1.61. The Hall–Kier alpha value is -0.610. The summed E-state index contributed by atoms with van der Waals surface area (Å²) in [6, 6.07) is 0. The zero-order valence-electron chi connectivity index (χ0n) is 7.99. The maximum Gasteiger partial charge on any atom is 0.220 e. The van der Waals surface area contributed by atoms with Crippen LogP contribution in [0, 0.1) is 5.92 Å². The van der Waals surface area contributed by atoms with Crippen LogP contribution < -0.4 is 5.73 Å². The monoisotopic (exact) mass is 187 g/mol. The van der Waals surface area contributed by atoms with Crippen molar-refractivity contribution in [2.75, 3.05) is 13.9 Å². The Kier molecular flexibility index (Phi) is 4.18. The highest BCUT2D eigenvalue weighted by atomic mass is 16.7. The van der Waals surface area contributed by atoms with Crippen LogP contribution in [-0.2, 0) is 14.3 Å². The first-order chi connectivity index (χ1) is 6.24. The van der Waals surface area contributed by atoms with E-state index >= 15 is 0 Å². The van der Waals surface area contributed by atoms with Crippen LogP contribution in [0.2, 0.25) is 0 Å². The summed E-state index contributed by atoms with van der Waals surface area (Å²) in [5.74, 6) is -0.118. The first-order valence-electron chi connectivity index (χ1n) is 4.64. The molecule has 0 spiro atoms. The van der Waals surface area contributed by atoms with Gasteiger partial charge in [-0.3, -0.25) is 4.79 Å². The van der Waals surface area contributed by atoms with E-state index in [1.165, 1.54) is 0 Å². The molecule has 1 saturated carbocycles. The van der Waals surface area contributed by atoms with Gasteiger partial charge in [-0.25, -0.2) is 0 Å². The van der Waals surface area contributed by atoms with Crippen LogP contribution in [-0.4, -0.2) is 25.9 Å². The molecule has 0 bridgehead atoms. The van der Waals surface area contributed by atoms with Gasteiger partial charge in [0.2, 0.25) is 5.91 Å². The molecule has 0 aromatic heterocycles. The molecule has 0 aliphatic heterocycles. The van der Waals surface area contributed by atoms with E-state index in [1.54, 1.807) is 7.11 Å². The highest BCUT2D eigenvalue weighted by Gasteiger charge is 2.24. The molecule has 2 N–H and O–H groups in total. The molecule has 0 aromatic carbocycles. The molecule has 1 amide bonds. The average molecular weight is 187 g/mol. The van der Waals surface area contributed by atoms with Gasteiger partial charge in [0.05, 0.1) is 6.10 Å². The molecule has 0 atom stereocenters. The summed E-state index contributed by atoms with van der Waals surface area (Å²) < 4.78 is 10.2. The molecule has 0 radical (unpaired) electrons. The van der Waals surface area contributed by atoms with Gasteiger partial charge in [0.1, 0.15) is 6.79 Å². The van der Waals surface area contributed by atoms with Gasteiger partial charge in [-0.1, -0.05) is 0 Å². The van der Waals surface area contributed by atoms with Crippen LogP contribution in [0.5, 0.6) is 0 Å². The Labute approximate surface area is 78.4 Å². The van der Waals surface area contributed by atoms with Crippen molar-refractivity contribution in [1.29, 1.82) is 0 Å². The van der Waals surface area contributed by atoms with Crippen LogP contribution in [0.15, 0.2) is 0 Å². The molecule has 4 nitrogen and oxygen atoms in total. The number of carbonyl (C=O) groups is 1. The Bertz CT molecular complexity index is 164. The third kappa shape index (κ3) is 3.32. The van der Waals surface area contributed by atoms with Gasteiger partial charge in [-0.15, -0.1) is 0 Å². The summed E-state index contributed by atoms with van der Waals surface area (Å²) in [6.07, 6.45) is 3.78. The van der Waals surface area contributed by atoms with E-state index in [4.69, 9.17) is 15.2 Å². The fourth-order valence-electron chi connectivity index (χ4n) is 1.68. The van der Waals surface area contributed by atoms with E-state index in [0.717, 1.165) is 25.7 Å². The molecule has 1 aliphatic carbocycles. The number of rotatable bonds is 4. The zero-order chi connectivity index (χ0) is 9.68. The maximum atomic E-state index is 10.8. The molecule has 1 aliphatic rings. The van der Waals surface area contributed by atoms with Crippen molar-refractivity contribution in [2.24, 2.45) is 11.7 Å². The minimum atomic E-state index is -0.176. The van der Waals surface area contributed by atoms with Crippen molar-refractivity contribution in [1.82, 2.24) is 0 Å². The first kappa shape index (κ1) is 10.5. The first-order valence-corrected chi connectivity index (χ1v) is 4.64. The van der Waals surface area contributed by atoms with Crippen molar-refractivity contribution in [2.45, 2.75) is 31.8 Å². The van der Waals surface area contributed by atoms with Crippen molar-refractivity contribution < 1.29 is 14.3 Å². The minimum absolute atomic E-state index is 0.0578. The molecule has 0 saturated heterocycles. The Morgan fingerprint density at radius 3 is 2.46 bits per heavy atom. The van der Waals surface area contributed by atoms with Crippen molar-refractivity contribution in [3.8, 4) is 0 Å². The molecule has 0 aromatic rings. The van der Waals surface area contributed by atoms with Crippen LogP contribution in [0.3, 0.4) is 0 Å². The van der Waals surface area contributed by atoms with Gasteiger partial charge in [-0.2, -0.15) is 0 Å². The van der Waals surface area contributed by atoms with E-state index in [1.807, 2.05) is 0 Å². The third-order valence-electron chi connectivity index (χ3n) is 2.50. The fraction of sp³-hybridized carbons (Fsp3) is 0.889. The topological polar surface area (TPSA) is 61.6 Å². The highest BCUT2D eigenvalue weighted by molar-refractivity contribution is 5.76. The van der Waals surface area contributed by atoms with Crippen LogP contribution in [0.4, 0.5) is 0 Å². The number of amides is 1. The van der Waals surface area contributed by atoms with Gasteiger partial charge < -0.3 is 15.2 Å². The number of hydrogen-bond donors (Lipinski definition) is 1. The van der Waals surface area contributed by atoms with E-state index in [-0.39, 0.29) is 17.9 Å². The Balaban J connectivity index is 2.18. The quantitative estimate of drug-likeness (QED) is 0.657. The molecule has 76 valence electrons. The number of primary amides is 1. The van der Waals surface area contributed by atoms with E-state index in [0.29, 0.717) is 6.79 Å². The molecular formula is C9H17NO3. The zero-order valence-corrected chi connectivity index (χ0v) is 7.99. The molecule has 0 unspecified atom stereocenters. The average Bonchev–Trinajstić information content (AvgIpc) is 2.15. The Morgan fingerprint density at radius 1 is 1.38 bits per heavy atom. The molecule has 13 heavy (non-hydrogen) atoms. The van der Waals surface area contributed by atoms with E-state index < -0.39 is 0 Å². The lowest BCUT2D eigenvalue weighted by atomic mass is 9.87. The normalized spacial score (nSPS) is 28.7. The third-order valence-corrected chi connectivity index (χ3v) is 2.50. The Morgan fingerprint density at radius 2 is 2.00 bits per heavy atom. The van der Waals surface area contributed by atoms with Gasteiger partial charge in [0.25, 0.3) is 0 Å². The number of methoxy groups -OCH3 is 1. The van der Waals surface area contributed by atoms with Crippen LogP contribution in [0.25, 0.3) is 0 Å². The number of carbonyl (C=O) groups excluding carboxylic acids is 1. The van der Waals surface area contributed by atoms with E-state index in [9.17, 15) is 4.79 Å². The maximum absolute atomic E-state index is 10.8. The SMILES string of the molecule is COCO[C@H]1CC[C@H](C(N)=O)CC1. The lowest BCUT2D eigenvalue weighted by Gasteiger charge is -2.26. The summed E-state index contributed by atoms with van der Waals surface area (Å²) in [4.78, 5) is 10.8. The lowest BCUT2D eigenvalue weighted by Crippen LogP contribution is -2.30. The number of hydrogen-bond acceptors (Lipinski definition) is 3. The molecule has 0 heterocycles. The van der Waals surface area contributed by atoms with Crippen LogP contribution in [0.1, 0.15) is 25.7 Å². The molecule has 1 rings (SSSR count). The number of nitrogens with two attached hydrogens (primary N) is 1. The fourth-order valence-corrected chi connectivity index (χ4v) is 1.68. The standard InChI is InChI=1S/C9H17NO3/c1-12-6-13-8-4-2-7(3-5-8)9(10)11/h7-8H,2-6H2,1H3,(H2,10,11)/t7-,8-. The smallest absolute Gasteiger partial charge is 0.220 e. The summed E-state index contributed by atoms with van der Waals surface area (Å²) >= 11 is 0. The lowest BCUT2D eigenvalue weighted by molar-refractivity contribution is -0.125. The molecule has 1 fully saturated rings. The molecule has 4 heteroatoms. The number of ether oxygens (including phenoxy) is 2. The summed E-state index contributed by atoms with van der Waals surface area (Å²) in [6.45, 7) is 0.339. The minimum Gasteiger partial charge on any atom is -0.369 e. The van der Waals surface area contributed by atoms with Gasteiger partial charge >= 0.3 is 0 Å². The van der Waals surface area contributed by atoms with Gasteiger partial charge in [-0.05, 0) is 25.7 Å². The predicted molar refractivity (Wildman–Crippen MR) is 47.9 cm³/mol. The predicted octanol–water partition coefficient (Wildman–Crippen LogP) is 0.651. The highest BCUT2D eigenvalue weighted by Crippen LogP contribution is 2.25. The largest absolute Gasteiger partial charge is 0.369 e. The molecular weight excluding hydrogens is 170 g/mol. The second-order valence-electron chi connectivity index (χ2n) is 3.45. The summed E-state index contributed by atoms with van der Waals surface area (Å²) in [5.41, 5.74) is 5.21. The summed E-state index contributed by atoms with van der Waals surface area (Å²) in [5, 5.41) is 0. The van der Waals surface area contributed by atoms with Crippen molar-refractivity contribution >= 4 is 5.91 Å². The van der Waals surface area contributed by atoms with E-state index in [2.05, 4.69) is 0 Å². The second kappa shape index (κ2) is 5.19. The second-order valence-corrected chi connectivity index (χ2v) is 3.45. The van der Waals surface area contributed by atoms with Crippen LogP contribution >= 0.6 is 0 Å². The van der Waals surface area contributed by atoms with Gasteiger partial charge in [0, 0.05) is 13.0 Å². The van der Waals surface area contributed by atoms with Crippen molar-refractivity contribution in [3.05, 3.63) is 0 Å². The van der Waals surface area contributed by atoms with Gasteiger partial charge in [0.15, 0.2) is 0 Å². The van der Waals surface area contributed by atoms with Crippen molar-refractivity contribution in [3.63, 3.8) is 0 Å².